The third kappa shape index (κ3) is 1.35. The SMILES string of the molecule is Cc1cccc2c1[C@H](C)c1ccccc1C2=O. The maximum atomic E-state index is 12.4. The van der Waals surface area contributed by atoms with Gasteiger partial charge in [0.15, 0.2) is 5.78 Å². The minimum Gasteiger partial charge on any atom is -0.289 e. The zero-order valence-electron chi connectivity index (χ0n) is 10.0. The first-order valence-electron chi connectivity index (χ1n) is 5.93. The van der Waals surface area contributed by atoms with Crippen molar-refractivity contribution in [1.82, 2.24) is 0 Å². The molecule has 1 aliphatic rings. The lowest BCUT2D eigenvalue weighted by Crippen LogP contribution is -2.18. The van der Waals surface area contributed by atoms with E-state index >= 15 is 0 Å². The second kappa shape index (κ2) is 3.56. The molecule has 1 nitrogen and oxygen atoms in total. The van der Waals surface area contributed by atoms with Gasteiger partial charge in [0, 0.05) is 17.0 Å². The summed E-state index contributed by atoms with van der Waals surface area (Å²) >= 11 is 0. The quantitative estimate of drug-likeness (QED) is 0.664. The summed E-state index contributed by atoms with van der Waals surface area (Å²) in [7, 11) is 0. The van der Waals surface area contributed by atoms with E-state index in [2.05, 4.69) is 26.0 Å². The molecule has 84 valence electrons. The largest absolute Gasteiger partial charge is 0.289 e. The highest BCUT2D eigenvalue weighted by molar-refractivity contribution is 6.12. The van der Waals surface area contributed by atoms with Crippen molar-refractivity contribution in [3.63, 3.8) is 0 Å². The van der Waals surface area contributed by atoms with Crippen molar-refractivity contribution in [2.75, 3.05) is 0 Å². The van der Waals surface area contributed by atoms with Gasteiger partial charge in [-0.25, -0.2) is 0 Å². The first-order valence-corrected chi connectivity index (χ1v) is 5.93. The van der Waals surface area contributed by atoms with E-state index in [1.165, 1.54) is 11.1 Å². The van der Waals surface area contributed by atoms with Gasteiger partial charge in [0.25, 0.3) is 0 Å². The van der Waals surface area contributed by atoms with Crippen molar-refractivity contribution >= 4 is 5.78 Å². The standard InChI is InChI=1S/C16H14O/c1-10-6-5-9-14-15(10)11(2)12-7-3-4-8-13(12)16(14)17/h3-9,11H,1-2H3/t11-/m1/s1. The molecule has 1 atom stereocenters. The molecule has 0 N–H and O–H groups in total. The predicted octanol–water partition coefficient (Wildman–Crippen LogP) is 3.69. The Morgan fingerprint density at radius 3 is 2.47 bits per heavy atom. The first kappa shape index (κ1) is 10.3. The molecule has 0 spiro atoms. The van der Waals surface area contributed by atoms with Gasteiger partial charge in [0.2, 0.25) is 0 Å². The van der Waals surface area contributed by atoms with E-state index in [0.717, 1.165) is 16.7 Å². The molecule has 0 saturated heterocycles. The van der Waals surface area contributed by atoms with Crippen molar-refractivity contribution in [2.45, 2.75) is 19.8 Å². The lowest BCUT2D eigenvalue weighted by molar-refractivity contribution is 0.103. The molecular weight excluding hydrogens is 208 g/mol. The van der Waals surface area contributed by atoms with Gasteiger partial charge < -0.3 is 0 Å². The molecule has 1 aliphatic carbocycles. The lowest BCUT2D eigenvalue weighted by Gasteiger charge is -2.26. The molecule has 0 fully saturated rings. The topological polar surface area (TPSA) is 17.1 Å². The van der Waals surface area contributed by atoms with Crippen LogP contribution >= 0.6 is 0 Å². The van der Waals surface area contributed by atoms with Gasteiger partial charge in [-0.15, -0.1) is 0 Å². The van der Waals surface area contributed by atoms with E-state index in [1.807, 2.05) is 30.3 Å². The van der Waals surface area contributed by atoms with Gasteiger partial charge >= 0.3 is 0 Å². The summed E-state index contributed by atoms with van der Waals surface area (Å²) in [6.07, 6.45) is 0. The van der Waals surface area contributed by atoms with Crippen LogP contribution in [0.15, 0.2) is 42.5 Å². The van der Waals surface area contributed by atoms with Gasteiger partial charge in [-0.05, 0) is 23.6 Å². The molecular formula is C16H14O. The Morgan fingerprint density at radius 2 is 1.65 bits per heavy atom. The molecule has 0 aliphatic heterocycles. The van der Waals surface area contributed by atoms with Crippen molar-refractivity contribution in [1.29, 1.82) is 0 Å². The molecule has 0 saturated carbocycles. The average Bonchev–Trinajstić information content (AvgIpc) is 2.36. The Balaban J connectivity index is 2.33. The number of ketones is 1. The van der Waals surface area contributed by atoms with Crippen molar-refractivity contribution < 1.29 is 4.79 Å². The first-order chi connectivity index (χ1) is 8.20. The minimum absolute atomic E-state index is 0.164. The van der Waals surface area contributed by atoms with Crippen LogP contribution in [0.4, 0.5) is 0 Å². The highest BCUT2D eigenvalue weighted by Crippen LogP contribution is 2.37. The van der Waals surface area contributed by atoms with Crippen molar-refractivity contribution in [3.05, 3.63) is 70.3 Å². The summed E-state index contributed by atoms with van der Waals surface area (Å²) in [5.41, 5.74) is 5.28. The Labute approximate surface area is 101 Å². The number of carbonyl (C=O) groups is 1. The van der Waals surface area contributed by atoms with Crippen LogP contribution in [0.25, 0.3) is 0 Å². The molecule has 0 bridgehead atoms. The van der Waals surface area contributed by atoms with Crippen LogP contribution in [-0.2, 0) is 0 Å². The van der Waals surface area contributed by atoms with Gasteiger partial charge in [-0.3, -0.25) is 4.79 Å². The fraction of sp³-hybridized carbons (Fsp3) is 0.188. The fourth-order valence-corrected chi connectivity index (χ4v) is 2.84. The maximum Gasteiger partial charge on any atom is 0.193 e. The Bertz CT molecular complexity index is 611. The summed E-state index contributed by atoms with van der Waals surface area (Å²) in [5.74, 6) is 0.470. The van der Waals surface area contributed by atoms with Gasteiger partial charge in [-0.2, -0.15) is 0 Å². The zero-order chi connectivity index (χ0) is 12.0. The van der Waals surface area contributed by atoms with Crippen LogP contribution in [-0.4, -0.2) is 5.78 Å². The van der Waals surface area contributed by atoms with Crippen LogP contribution in [0.3, 0.4) is 0 Å². The minimum atomic E-state index is 0.164. The molecule has 17 heavy (non-hydrogen) atoms. The van der Waals surface area contributed by atoms with Gasteiger partial charge in [0.05, 0.1) is 0 Å². The van der Waals surface area contributed by atoms with Crippen LogP contribution in [0, 0.1) is 6.92 Å². The molecule has 0 amide bonds. The highest BCUT2D eigenvalue weighted by Gasteiger charge is 2.28. The van der Waals surface area contributed by atoms with Gasteiger partial charge in [-0.1, -0.05) is 49.4 Å². The molecule has 3 rings (SSSR count). The number of rotatable bonds is 0. The van der Waals surface area contributed by atoms with Crippen LogP contribution in [0.5, 0.6) is 0 Å². The summed E-state index contributed by atoms with van der Waals surface area (Å²) in [5, 5.41) is 0. The summed E-state index contributed by atoms with van der Waals surface area (Å²) in [6.45, 7) is 4.26. The number of hydrogen-bond donors (Lipinski definition) is 0. The van der Waals surface area contributed by atoms with Gasteiger partial charge in [0.1, 0.15) is 0 Å². The van der Waals surface area contributed by atoms with E-state index in [4.69, 9.17) is 0 Å². The lowest BCUT2D eigenvalue weighted by atomic mass is 9.77. The second-order valence-corrected chi connectivity index (χ2v) is 4.67. The third-order valence-corrected chi connectivity index (χ3v) is 3.67. The number of carbonyl (C=O) groups excluding carboxylic acids is 1. The molecule has 0 heterocycles. The van der Waals surface area contributed by atoms with Crippen LogP contribution < -0.4 is 0 Å². The molecule has 0 aromatic heterocycles. The molecule has 2 aromatic rings. The zero-order valence-corrected chi connectivity index (χ0v) is 10.0. The van der Waals surface area contributed by atoms with E-state index in [1.54, 1.807) is 0 Å². The third-order valence-electron chi connectivity index (χ3n) is 3.67. The molecule has 2 aromatic carbocycles. The Morgan fingerprint density at radius 1 is 0.941 bits per heavy atom. The molecule has 0 radical (unpaired) electrons. The highest BCUT2D eigenvalue weighted by atomic mass is 16.1. The summed E-state index contributed by atoms with van der Waals surface area (Å²) < 4.78 is 0. The van der Waals surface area contributed by atoms with E-state index in [-0.39, 0.29) is 5.78 Å². The number of fused-ring (bicyclic) bond motifs is 2. The number of hydrogen-bond acceptors (Lipinski definition) is 1. The molecule has 1 heteroatoms. The van der Waals surface area contributed by atoms with E-state index in [9.17, 15) is 4.79 Å². The smallest absolute Gasteiger partial charge is 0.193 e. The van der Waals surface area contributed by atoms with Crippen LogP contribution in [0.1, 0.15) is 45.5 Å². The van der Waals surface area contributed by atoms with Crippen molar-refractivity contribution in [2.24, 2.45) is 0 Å². The number of benzene rings is 2. The van der Waals surface area contributed by atoms with E-state index in [0.29, 0.717) is 5.92 Å². The monoisotopic (exact) mass is 222 g/mol. The normalized spacial score (nSPS) is 17.5. The van der Waals surface area contributed by atoms with Crippen molar-refractivity contribution in [3.8, 4) is 0 Å². The number of aryl methyl sites for hydroxylation is 1. The van der Waals surface area contributed by atoms with Crippen LogP contribution in [0.2, 0.25) is 0 Å². The van der Waals surface area contributed by atoms with E-state index < -0.39 is 0 Å². The maximum absolute atomic E-state index is 12.4. The summed E-state index contributed by atoms with van der Waals surface area (Å²) in [4.78, 5) is 12.4. The fourth-order valence-electron chi connectivity index (χ4n) is 2.84. The Kier molecular flexibility index (Phi) is 2.15. The average molecular weight is 222 g/mol. The summed E-state index contributed by atoms with van der Waals surface area (Å²) in [6, 6.07) is 13.9. The second-order valence-electron chi connectivity index (χ2n) is 4.67. The predicted molar refractivity (Wildman–Crippen MR) is 68.6 cm³/mol. The Hall–Kier alpha value is -1.89. The molecule has 0 unspecified atom stereocenters.